The summed E-state index contributed by atoms with van der Waals surface area (Å²) in [5, 5.41) is 15.8. The topological polar surface area (TPSA) is 108 Å². The Morgan fingerprint density at radius 3 is 2.42 bits per heavy atom. The summed E-state index contributed by atoms with van der Waals surface area (Å²) in [6.45, 7) is 3.53. The molecule has 0 heterocycles. The molecule has 0 saturated heterocycles. The Balaban J connectivity index is 2.24. The minimum absolute atomic E-state index is 0.0723. The third-order valence-electron chi connectivity index (χ3n) is 3.41. The first-order chi connectivity index (χ1) is 8.81. The summed E-state index contributed by atoms with van der Waals surface area (Å²) < 4.78 is 0. The van der Waals surface area contributed by atoms with Crippen molar-refractivity contribution in [1.82, 2.24) is 16.0 Å². The molecular weight excluding hydrogens is 250 g/mol. The van der Waals surface area contributed by atoms with Crippen molar-refractivity contribution in [3.63, 3.8) is 0 Å². The van der Waals surface area contributed by atoms with Gasteiger partial charge in [0.15, 0.2) is 0 Å². The SMILES string of the molecule is CC1(C)CCCC1NC(=O)NCC(=O)NCC(=O)O. The average molecular weight is 271 g/mol. The first kappa shape index (κ1) is 15.3. The zero-order chi connectivity index (χ0) is 14.5. The molecule has 1 atom stereocenters. The standard InChI is InChI=1S/C12H21N3O4/c1-12(2)5-3-4-8(12)15-11(19)14-6-9(16)13-7-10(17)18/h8H,3-7H2,1-2H3,(H,13,16)(H,17,18)(H2,14,15,19). The molecule has 0 spiro atoms. The van der Waals surface area contributed by atoms with E-state index >= 15 is 0 Å². The van der Waals surface area contributed by atoms with Gasteiger partial charge in [-0.25, -0.2) is 4.79 Å². The zero-order valence-electron chi connectivity index (χ0n) is 11.3. The van der Waals surface area contributed by atoms with Crippen LogP contribution in [0.2, 0.25) is 0 Å². The van der Waals surface area contributed by atoms with Gasteiger partial charge in [-0.15, -0.1) is 0 Å². The zero-order valence-corrected chi connectivity index (χ0v) is 11.3. The van der Waals surface area contributed by atoms with Crippen LogP contribution in [-0.2, 0) is 9.59 Å². The van der Waals surface area contributed by atoms with Crippen molar-refractivity contribution in [3.05, 3.63) is 0 Å². The number of carbonyl (C=O) groups excluding carboxylic acids is 2. The van der Waals surface area contributed by atoms with E-state index in [9.17, 15) is 14.4 Å². The van der Waals surface area contributed by atoms with Crippen molar-refractivity contribution in [2.45, 2.75) is 39.2 Å². The normalized spacial score (nSPS) is 20.6. The van der Waals surface area contributed by atoms with E-state index in [1.54, 1.807) is 0 Å². The number of carboxylic acids is 1. The smallest absolute Gasteiger partial charge is 0.322 e. The molecule has 1 aliphatic rings. The summed E-state index contributed by atoms with van der Waals surface area (Å²) in [6, 6.07) is -0.292. The van der Waals surface area contributed by atoms with E-state index in [1.807, 2.05) is 0 Å². The van der Waals surface area contributed by atoms with Crippen LogP contribution in [0.25, 0.3) is 0 Å². The number of nitrogens with one attached hydrogen (secondary N) is 3. The molecule has 0 aromatic carbocycles. The van der Waals surface area contributed by atoms with Crippen molar-refractivity contribution in [1.29, 1.82) is 0 Å². The van der Waals surface area contributed by atoms with Crippen LogP contribution in [0.4, 0.5) is 4.79 Å². The molecule has 1 saturated carbocycles. The fourth-order valence-electron chi connectivity index (χ4n) is 2.20. The number of amides is 3. The van der Waals surface area contributed by atoms with Gasteiger partial charge in [-0.05, 0) is 18.3 Å². The Kier molecular flexibility index (Phi) is 5.14. The molecule has 1 aliphatic carbocycles. The molecule has 3 amide bonds. The van der Waals surface area contributed by atoms with Crippen LogP contribution in [-0.4, -0.2) is 42.1 Å². The Hall–Kier alpha value is -1.79. The van der Waals surface area contributed by atoms with Gasteiger partial charge in [-0.2, -0.15) is 0 Å². The number of urea groups is 1. The van der Waals surface area contributed by atoms with Crippen molar-refractivity contribution in [2.75, 3.05) is 13.1 Å². The molecule has 0 aromatic rings. The van der Waals surface area contributed by atoms with Crippen molar-refractivity contribution >= 4 is 17.9 Å². The summed E-state index contributed by atoms with van der Waals surface area (Å²) in [4.78, 5) is 33.0. The molecular formula is C12H21N3O4. The highest BCUT2D eigenvalue weighted by Crippen LogP contribution is 2.36. The second-order valence-electron chi connectivity index (χ2n) is 5.43. The lowest BCUT2D eigenvalue weighted by Crippen LogP contribution is -2.49. The summed E-state index contributed by atoms with van der Waals surface area (Å²) in [5.41, 5.74) is 0.0723. The van der Waals surface area contributed by atoms with Crippen LogP contribution >= 0.6 is 0 Å². The van der Waals surface area contributed by atoms with E-state index < -0.39 is 24.5 Å². The average Bonchev–Trinajstić information content (AvgIpc) is 2.63. The van der Waals surface area contributed by atoms with Gasteiger partial charge in [0.2, 0.25) is 5.91 Å². The Morgan fingerprint density at radius 2 is 1.89 bits per heavy atom. The number of carbonyl (C=O) groups is 3. The van der Waals surface area contributed by atoms with Crippen LogP contribution in [0.3, 0.4) is 0 Å². The van der Waals surface area contributed by atoms with E-state index in [0.717, 1.165) is 19.3 Å². The predicted octanol–water partition coefficient (Wildman–Crippen LogP) is 0.0651. The second kappa shape index (κ2) is 6.40. The highest BCUT2D eigenvalue weighted by atomic mass is 16.4. The quantitative estimate of drug-likeness (QED) is 0.567. The number of hydrogen-bond donors (Lipinski definition) is 4. The summed E-state index contributed by atoms with van der Waals surface area (Å²) in [6.07, 6.45) is 3.08. The highest BCUT2D eigenvalue weighted by molar-refractivity contribution is 5.86. The molecule has 7 nitrogen and oxygen atoms in total. The molecule has 0 aliphatic heterocycles. The maximum Gasteiger partial charge on any atom is 0.322 e. The second-order valence-corrected chi connectivity index (χ2v) is 5.43. The van der Waals surface area contributed by atoms with Crippen LogP contribution in [0.1, 0.15) is 33.1 Å². The van der Waals surface area contributed by atoms with Crippen LogP contribution in [0, 0.1) is 5.41 Å². The molecule has 7 heteroatoms. The van der Waals surface area contributed by atoms with Crippen molar-refractivity contribution < 1.29 is 19.5 Å². The minimum Gasteiger partial charge on any atom is -0.480 e. The van der Waals surface area contributed by atoms with Crippen molar-refractivity contribution in [2.24, 2.45) is 5.41 Å². The van der Waals surface area contributed by atoms with Gasteiger partial charge < -0.3 is 21.1 Å². The Labute approximate surface area is 112 Å². The number of rotatable bonds is 5. The number of aliphatic carboxylic acids is 1. The molecule has 1 rings (SSSR count). The van der Waals surface area contributed by atoms with E-state index in [4.69, 9.17) is 5.11 Å². The first-order valence-corrected chi connectivity index (χ1v) is 6.34. The van der Waals surface area contributed by atoms with E-state index in [-0.39, 0.29) is 18.0 Å². The van der Waals surface area contributed by atoms with Crippen molar-refractivity contribution in [3.8, 4) is 0 Å². The summed E-state index contributed by atoms with van der Waals surface area (Å²) >= 11 is 0. The van der Waals surface area contributed by atoms with Gasteiger partial charge in [-0.3, -0.25) is 9.59 Å². The number of hydrogen-bond acceptors (Lipinski definition) is 3. The Bertz CT molecular complexity index is 368. The van der Waals surface area contributed by atoms with Gasteiger partial charge in [0.25, 0.3) is 0 Å². The molecule has 0 bridgehead atoms. The van der Waals surface area contributed by atoms with Gasteiger partial charge in [0.1, 0.15) is 6.54 Å². The Morgan fingerprint density at radius 1 is 1.21 bits per heavy atom. The van der Waals surface area contributed by atoms with Crippen LogP contribution in [0.15, 0.2) is 0 Å². The van der Waals surface area contributed by atoms with E-state index in [0.29, 0.717) is 0 Å². The van der Waals surface area contributed by atoms with Gasteiger partial charge in [-0.1, -0.05) is 20.3 Å². The molecule has 1 unspecified atom stereocenters. The van der Waals surface area contributed by atoms with Gasteiger partial charge in [0.05, 0.1) is 6.54 Å². The molecule has 0 radical (unpaired) electrons. The fraction of sp³-hybridized carbons (Fsp3) is 0.750. The molecule has 0 aromatic heterocycles. The minimum atomic E-state index is -1.12. The molecule has 4 N–H and O–H groups in total. The predicted molar refractivity (Wildman–Crippen MR) is 68.6 cm³/mol. The maximum absolute atomic E-state index is 11.6. The van der Waals surface area contributed by atoms with Gasteiger partial charge in [0, 0.05) is 6.04 Å². The number of carboxylic acid groups (broad SMARTS) is 1. The summed E-state index contributed by atoms with van der Waals surface area (Å²) in [7, 11) is 0. The third-order valence-corrected chi connectivity index (χ3v) is 3.41. The van der Waals surface area contributed by atoms with E-state index in [1.165, 1.54) is 0 Å². The summed E-state index contributed by atoms with van der Waals surface area (Å²) in [5.74, 6) is -1.64. The maximum atomic E-state index is 11.6. The lowest BCUT2D eigenvalue weighted by Gasteiger charge is -2.27. The lowest BCUT2D eigenvalue weighted by atomic mass is 9.87. The van der Waals surface area contributed by atoms with Crippen LogP contribution in [0.5, 0.6) is 0 Å². The largest absolute Gasteiger partial charge is 0.480 e. The lowest BCUT2D eigenvalue weighted by molar-refractivity contribution is -0.137. The molecule has 108 valence electrons. The third kappa shape index (κ3) is 5.15. The van der Waals surface area contributed by atoms with E-state index in [2.05, 4.69) is 29.8 Å². The fourth-order valence-corrected chi connectivity index (χ4v) is 2.20. The monoisotopic (exact) mass is 271 g/mol. The molecule has 19 heavy (non-hydrogen) atoms. The molecule has 1 fully saturated rings. The van der Waals surface area contributed by atoms with Gasteiger partial charge >= 0.3 is 12.0 Å². The highest BCUT2D eigenvalue weighted by Gasteiger charge is 2.35. The van der Waals surface area contributed by atoms with Crippen LogP contribution < -0.4 is 16.0 Å². The first-order valence-electron chi connectivity index (χ1n) is 6.34.